The predicted octanol–water partition coefficient (Wildman–Crippen LogP) is 6.19. The van der Waals surface area contributed by atoms with Gasteiger partial charge in [0.25, 0.3) is 5.78 Å². The number of carbonyl (C=O) groups is 2. The molecular formula is C26H19ClN2O3S. The molecule has 0 bridgehead atoms. The Labute approximate surface area is 199 Å². The number of fused-ring (bicyclic) bond motifs is 1. The number of aromatic nitrogens is 1. The van der Waals surface area contributed by atoms with Gasteiger partial charge in [-0.25, -0.2) is 4.98 Å². The molecule has 1 unspecified atom stereocenters. The van der Waals surface area contributed by atoms with Gasteiger partial charge in [-0.1, -0.05) is 71.0 Å². The number of halogens is 1. The van der Waals surface area contributed by atoms with Crippen molar-refractivity contribution in [3.63, 3.8) is 0 Å². The van der Waals surface area contributed by atoms with E-state index in [9.17, 15) is 14.7 Å². The van der Waals surface area contributed by atoms with Crippen LogP contribution < -0.4 is 4.90 Å². The van der Waals surface area contributed by atoms with Gasteiger partial charge >= 0.3 is 5.91 Å². The molecule has 5 rings (SSSR count). The third-order valence-electron chi connectivity index (χ3n) is 5.67. The highest BCUT2D eigenvalue weighted by Crippen LogP contribution is 2.44. The number of benzene rings is 3. The maximum Gasteiger partial charge on any atom is 0.301 e. The van der Waals surface area contributed by atoms with Crippen molar-refractivity contribution >= 4 is 55.7 Å². The van der Waals surface area contributed by atoms with Gasteiger partial charge in [0.1, 0.15) is 5.76 Å². The zero-order chi connectivity index (χ0) is 23.3. The Kier molecular flexibility index (Phi) is 5.27. The number of aryl methyl sites for hydroxylation is 2. The van der Waals surface area contributed by atoms with E-state index in [0.717, 1.165) is 21.3 Å². The molecule has 3 aromatic carbocycles. The largest absolute Gasteiger partial charge is 0.507 e. The fourth-order valence-electron chi connectivity index (χ4n) is 4.01. The van der Waals surface area contributed by atoms with Gasteiger partial charge in [-0.05, 0) is 49.2 Å². The predicted molar refractivity (Wildman–Crippen MR) is 132 cm³/mol. The van der Waals surface area contributed by atoms with Crippen molar-refractivity contribution < 1.29 is 14.7 Å². The molecule has 0 radical (unpaired) electrons. The summed E-state index contributed by atoms with van der Waals surface area (Å²) >= 11 is 7.59. The highest BCUT2D eigenvalue weighted by atomic mass is 35.5. The van der Waals surface area contributed by atoms with Crippen molar-refractivity contribution in [1.82, 2.24) is 4.98 Å². The molecule has 0 aliphatic carbocycles. The second-order valence-corrected chi connectivity index (χ2v) is 9.50. The molecule has 1 aromatic heterocycles. The quantitative estimate of drug-likeness (QED) is 0.218. The maximum absolute atomic E-state index is 13.3. The molecule has 2 heterocycles. The fourth-order valence-corrected chi connectivity index (χ4v) is 5.30. The summed E-state index contributed by atoms with van der Waals surface area (Å²) in [5.41, 5.74) is 3.93. The van der Waals surface area contributed by atoms with Gasteiger partial charge in [-0.3, -0.25) is 14.5 Å². The lowest BCUT2D eigenvalue weighted by atomic mass is 9.95. The monoisotopic (exact) mass is 474 g/mol. The van der Waals surface area contributed by atoms with Gasteiger partial charge < -0.3 is 5.11 Å². The number of hydrogen-bond acceptors (Lipinski definition) is 5. The molecule has 1 amide bonds. The molecule has 33 heavy (non-hydrogen) atoms. The van der Waals surface area contributed by atoms with Crippen LogP contribution in [0.25, 0.3) is 16.0 Å². The Morgan fingerprint density at radius 2 is 1.73 bits per heavy atom. The molecule has 1 N–H and O–H groups in total. The van der Waals surface area contributed by atoms with Gasteiger partial charge in [0.2, 0.25) is 0 Å². The normalized spacial score (nSPS) is 17.8. The molecule has 5 nitrogen and oxygen atoms in total. The number of thiazole rings is 1. The Morgan fingerprint density at radius 1 is 1.00 bits per heavy atom. The highest BCUT2D eigenvalue weighted by Gasteiger charge is 2.48. The summed E-state index contributed by atoms with van der Waals surface area (Å²) in [7, 11) is 0. The molecule has 1 atom stereocenters. The van der Waals surface area contributed by atoms with Crippen molar-refractivity contribution in [3.8, 4) is 0 Å². The second kappa shape index (κ2) is 8.14. The number of amides is 1. The summed E-state index contributed by atoms with van der Waals surface area (Å²) in [5.74, 6) is -1.71. The van der Waals surface area contributed by atoms with Gasteiger partial charge in [-0.2, -0.15) is 0 Å². The first-order valence-electron chi connectivity index (χ1n) is 10.3. The van der Waals surface area contributed by atoms with Gasteiger partial charge in [0.05, 0.1) is 21.8 Å². The average molecular weight is 475 g/mol. The van der Waals surface area contributed by atoms with Gasteiger partial charge in [0.15, 0.2) is 5.13 Å². The molecule has 164 valence electrons. The highest BCUT2D eigenvalue weighted by molar-refractivity contribution is 7.22. The molecule has 1 fully saturated rings. The Hall–Kier alpha value is -3.48. The molecule has 1 saturated heterocycles. The zero-order valence-corrected chi connectivity index (χ0v) is 19.4. The van der Waals surface area contributed by atoms with E-state index in [1.54, 1.807) is 36.4 Å². The van der Waals surface area contributed by atoms with Crippen LogP contribution in [0.4, 0.5) is 5.13 Å². The number of aliphatic hydroxyl groups excluding tert-OH is 1. The second-order valence-electron chi connectivity index (χ2n) is 8.06. The van der Waals surface area contributed by atoms with Crippen LogP contribution in [0.5, 0.6) is 0 Å². The first kappa shape index (κ1) is 21.4. The van der Waals surface area contributed by atoms with E-state index in [-0.39, 0.29) is 11.3 Å². The third kappa shape index (κ3) is 3.71. The van der Waals surface area contributed by atoms with E-state index in [1.807, 2.05) is 44.2 Å². The fraction of sp³-hybridized carbons (Fsp3) is 0.115. The van der Waals surface area contributed by atoms with E-state index >= 15 is 0 Å². The molecule has 7 heteroatoms. The maximum atomic E-state index is 13.3. The molecule has 1 aliphatic rings. The van der Waals surface area contributed by atoms with E-state index in [4.69, 9.17) is 11.6 Å². The molecular weight excluding hydrogens is 456 g/mol. The zero-order valence-electron chi connectivity index (χ0n) is 17.9. The molecule has 0 saturated carbocycles. The summed E-state index contributed by atoms with van der Waals surface area (Å²) in [6.07, 6.45) is 0. The number of anilines is 1. The van der Waals surface area contributed by atoms with Crippen LogP contribution >= 0.6 is 22.9 Å². The Balaban J connectivity index is 1.74. The van der Waals surface area contributed by atoms with Crippen LogP contribution in [0.15, 0.2) is 72.3 Å². The van der Waals surface area contributed by atoms with Gasteiger partial charge in [0, 0.05) is 10.6 Å². The van der Waals surface area contributed by atoms with Crippen LogP contribution in [0.2, 0.25) is 5.02 Å². The van der Waals surface area contributed by atoms with Crippen molar-refractivity contribution in [2.45, 2.75) is 19.9 Å². The van der Waals surface area contributed by atoms with E-state index in [0.29, 0.717) is 21.3 Å². The summed E-state index contributed by atoms with van der Waals surface area (Å²) in [6, 6.07) is 19.1. The number of rotatable bonds is 3. The third-order valence-corrected chi connectivity index (χ3v) is 6.93. The van der Waals surface area contributed by atoms with Crippen LogP contribution in [-0.2, 0) is 9.59 Å². The van der Waals surface area contributed by atoms with Crippen LogP contribution in [0, 0.1) is 13.8 Å². The summed E-state index contributed by atoms with van der Waals surface area (Å²) in [4.78, 5) is 32.5. The lowest BCUT2D eigenvalue weighted by molar-refractivity contribution is -0.132. The van der Waals surface area contributed by atoms with Crippen LogP contribution in [0.1, 0.15) is 28.3 Å². The van der Waals surface area contributed by atoms with Crippen molar-refractivity contribution in [3.05, 3.63) is 99.6 Å². The van der Waals surface area contributed by atoms with E-state index < -0.39 is 17.7 Å². The van der Waals surface area contributed by atoms with E-state index in [1.165, 1.54) is 16.2 Å². The van der Waals surface area contributed by atoms with Crippen LogP contribution in [0.3, 0.4) is 0 Å². The number of Topliss-reactive ketones (excluding diaryl/α,β-unsaturated/α-hetero) is 1. The number of nitrogens with zero attached hydrogens (tertiary/aromatic N) is 2. The van der Waals surface area contributed by atoms with Crippen LogP contribution in [-0.4, -0.2) is 21.8 Å². The minimum absolute atomic E-state index is 0.0153. The number of hydrogen-bond donors (Lipinski definition) is 1. The first-order valence-corrected chi connectivity index (χ1v) is 11.5. The number of carbonyl (C=O) groups excluding carboxylic acids is 2. The lowest BCUT2D eigenvalue weighted by Crippen LogP contribution is -2.29. The Bertz CT molecular complexity index is 1460. The van der Waals surface area contributed by atoms with Crippen molar-refractivity contribution in [2.75, 3.05) is 4.90 Å². The number of ketones is 1. The molecule has 0 spiro atoms. The molecule has 4 aromatic rings. The minimum Gasteiger partial charge on any atom is -0.507 e. The molecule has 1 aliphatic heterocycles. The lowest BCUT2D eigenvalue weighted by Gasteiger charge is -2.23. The van der Waals surface area contributed by atoms with Crippen molar-refractivity contribution in [1.29, 1.82) is 0 Å². The SMILES string of the molecule is Cc1ccc(C(O)=C2C(=O)C(=O)N(c3nc4ccc(C)cc4s3)C2c2cccc(Cl)c2)cc1. The topological polar surface area (TPSA) is 70.5 Å². The number of aliphatic hydroxyl groups is 1. The smallest absolute Gasteiger partial charge is 0.301 e. The first-order chi connectivity index (χ1) is 15.8. The standard InChI is InChI=1S/C26H19ClN2O3S/c1-14-6-9-16(10-7-14)23(30)21-22(17-4-3-5-18(27)13-17)29(25(32)24(21)31)26-28-19-11-8-15(2)12-20(19)33-26/h3-13,22,30H,1-2H3. The Morgan fingerprint density at radius 3 is 2.45 bits per heavy atom. The minimum atomic E-state index is -0.855. The average Bonchev–Trinajstić information content (AvgIpc) is 3.32. The summed E-state index contributed by atoms with van der Waals surface area (Å²) in [6.45, 7) is 3.92. The van der Waals surface area contributed by atoms with Gasteiger partial charge in [-0.15, -0.1) is 0 Å². The summed E-state index contributed by atoms with van der Waals surface area (Å²) < 4.78 is 0.912. The van der Waals surface area contributed by atoms with Crippen molar-refractivity contribution in [2.24, 2.45) is 0 Å². The summed E-state index contributed by atoms with van der Waals surface area (Å²) in [5, 5.41) is 12.0. The van der Waals surface area contributed by atoms with E-state index in [2.05, 4.69) is 4.98 Å².